The maximum Gasteiger partial charge on any atom is 0.144 e. The standard InChI is InChI=1S/C9H9IN4O/c10-5-1-12-9-6(5)7(11)13-8(14-9)4-2-15-3-4/h1,4H,2-3H2,(H3,11,12,13,14). The van der Waals surface area contributed by atoms with Crippen LogP contribution in [0.15, 0.2) is 6.20 Å². The summed E-state index contributed by atoms with van der Waals surface area (Å²) in [7, 11) is 0. The van der Waals surface area contributed by atoms with Gasteiger partial charge in [-0.2, -0.15) is 0 Å². The molecule has 0 unspecified atom stereocenters. The van der Waals surface area contributed by atoms with Gasteiger partial charge in [0.15, 0.2) is 0 Å². The van der Waals surface area contributed by atoms with Crippen LogP contribution in [0.2, 0.25) is 0 Å². The van der Waals surface area contributed by atoms with Crippen molar-refractivity contribution in [3.8, 4) is 0 Å². The van der Waals surface area contributed by atoms with Gasteiger partial charge in [0, 0.05) is 9.77 Å². The zero-order chi connectivity index (χ0) is 10.4. The number of hydrogen-bond acceptors (Lipinski definition) is 4. The molecule has 15 heavy (non-hydrogen) atoms. The van der Waals surface area contributed by atoms with E-state index in [0.717, 1.165) is 20.4 Å². The summed E-state index contributed by atoms with van der Waals surface area (Å²) in [5, 5.41) is 0.916. The van der Waals surface area contributed by atoms with Gasteiger partial charge in [0.1, 0.15) is 17.3 Å². The van der Waals surface area contributed by atoms with E-state index in [1.54, 1.807) is 0 Å². The fraction of sp³-hybridized carbons (Fsp3) is 0.333. The van der Waals surface area contributed by atoms with E-state index in [1.807, 2.05) is 6.20 Å². The SMILES string of the molecule is Nc1nc(C2COC2)nc2[nH]cc(I)c12. The number of nitrogens with one attached hydrogen (secondary N) is 1. The average molecular weight is 316 g/mol. The molecule has 3 rings (SSSR count). The topological polar surface area (TPSA) is 76.8 Å². The molecule has 1 fully saturated rings. The zero-order valence-electron chi connectivity index (χ0n) is 7.83. The van der Waals surface area contributed by atoms with E-state index in [4.69, 9.17) is 10.5 Å². The Labute approximate surface area is 99.6 Å². The summed E-state index contributed by atoms with van der Waals surface area (Å²) in [6.45, 7) is 1.39. The summed E-state index contributed by atoms with van der Waals surface area (Å²) in [4.78, 5) is 11.9. The molecule has 0 spiro atoms. The fourth-order valence-corrected chi connectivity index (χ4v) is 2.29. The summed E-state index contributed by atoms with van der Waals surface area (Å²) in [6.07, 6.45) is 1.89. The molecule has 5 nitrogen and oxygen atoms in total. The zero-order valence-corrected chi connectivity index (χ0v) is 9.98. The summed E-state index contributed by atoms with van der Waals surface area (Å²) in [6, 6.07) is 0. The quantitative estimate of drug-likeness (QED) is 0.777. The fourth-order valence-electron chi connectivity index (χ4n) is 1.61. The molecule has 3 N–H and O–H groups in total. The number of anilines is 1. The number of halogens is 1. The molecular formula is C9H9IN4O. The summed E-state index contributed by atoms with van der Waals surface area (Å²) in [5.41, 5.74) is 6.72. The Balaban J connectivity index is 2.18. The third-order valence-electron chi connectivity index (χ3n) is 2.53. The Bertz CT molecular complexity index is 520. The largest absolute Gasteiger partial charge is 0.383 e. The number of hydrogen-bond donors (Lipinski definition) is 2. The van der Waals surface area contributed by atoms with E-state index >= 15 is 0 Å². The second-order valence-electron chi connectivity index (χ2n) is 3.56. The highest BCUT2D eigenvalue weighted by Crippen LogP contribution is 2.27. The number of ether oxygens (including phenoxy) is 1. The maximum atomic E-state index is 5.90. The first-order valence-electron chi connectivity index (χ1n) is 4.63. The van der Waals surface area contributed by atoms with Gasteiger partial charge in [-0.15, -0.1) is 0 Å². The van der Waals surface area contributed by atoms with E-state index in [2.05, 4.69) is 37.5 Å². The molecule has 0 amide bonds. The van der Waals surface area contributed by atoms with E-state index in [9.17, 15) is 0 Å². The van der Waals surface area contributed by atoms with Crippen molar-refractivity contribution in [2.24, 2.45) is 0 Å². The van der Waals surface area contributed by atoms with Gasteiger partial charge in [0.25, 0.3) is 0 Å². The van der Waals surface area contributed by atoms with E-state index in [1.165, 1.54) is 0 Å². The van der Waals surface area contributed by atoms with Crippen molar-refractivity contribution in [3.63, 3.8) is 0 Å². The second kappa shape index (κ2) is 3.31. The number of fused-ring (bicyclic) bond motifs is 1. The molecular weight excluding hydrogens is 307 g/mol. The molecule has 1 saturated heterocycles. The molecule has 78 valence electrons. The van der Waals surface area contributed by atoms with Gasteiger partial charge in [-0.25, -0.2) is 9.97 Å². The minimum Gasteiger partial charge on any atom is -0.383 e. The first kappa shape index (κ1) is 9.34. The van der Waals surface area contributed by atoms with Crippen LogP contribution in [0.25, 0.3) is 11.0 Å². The van der Waals surface area contributed by atoms with Gasteiger partial charge < -0.3 is 15.5 Å². The predicted octanol–water partition coefficient (Wildman–Crippen LogP) is 1.26. The third-order valence-corrected chi connectivity index (χ3v) is 3.38. The number of H-pyrrole nitrogens is 1. The van der Waals surface area contributed by atoms with Gasteiger partial charge in [-0.05, 0) is 22.6 Å². The molecule has 0 radical (unpaired) electrons. The van der Waals surface area contributed by atoms with Crippen LogP contribution in [0.3, 0.4) is 0 Å². The predicted molar refractivity (Wildman–Crippen MR) is 64.6 cm³/mol. The number of nitrogens with two attached hydrogens (primary N) is 1. The minimum absolute atomic E-state index is 0.303. The van der Waals surface area contributed by atoms with Gasteiger partial charge in [-0.3, -0.25) is 0 Å². The lowest BCUT2D eigenvalue weighted by Crippen LogP contribution is -2.27. The van der Waals surface area contributed by atoms with Crippen LogP contribution < -0.4 is 5.73 Å². The second-order valence-corrected chi connectivity index (χ2v) is 4.72. The van der Waals surface area contributed by atoms with Crippen molar-refractivity contribution in [2.45, 2.75) is 5.92 Å². The normalized spacial score (nSPS) is 16.9. The van der Waals surface area contributed by atoms with Crippen LogP contribution >= 0.6 is 22.6 Å². The van der Waals surface area contributed by atoms with Crippen molar-refractivity contribution in [1.29, 1.82) is 0 Å². The molecule has 3 heterocycles. The molecule has 0 atom stereocenters. The molecule has 0 aromatic carbocycles. The Kier molecular flexibility index (Phi) is 2.06. The molecule has 1 aliphatic heterocycles. The van der Waals surface area contributed by atoms with Gasteiger partial charge in [0.05, 0.1) is 24.5 Å². The lowest BCUT2D eigenvalue weighted by molar-refractivity contribution is 0.00504. The first-order valence-corrected chi connectivity index (χ1v) is 5.71. The number of rotatable bonds is 1. The third kappa shape index (κ3) is 1.39. The van der Waals surface area contributed by atoms with E-state index in [-0.39, 0.29) is 0 Å². The maximum absolute atomic E-state index is 5.90. The van der Waals surface area contributed by atoms with Crippen LogP contribution in [0, 0.1) is 3.57 Å². The molecule has 2 aromatic heterocycles. The molecule has 0 bridgehead atoms. The smallest absolute Gasteiger partial charge is 0.144 e. The highest BCUT2D eigenvalue weighted by Gasteiger charge is 2.24. The summed E-state index contributed by atoms with van der Waals surface area (Å²) >= 11 is 2.22. The molecule has 2 aromatic rings. The van der Waals surface area contributed by atoms with Crippen molar-refractivity contribution < 1.29 is 4.74 Å². The van der Waals surface area contributed by atoms with Crippen molar-refractivity contribution in [3.05, 3.63) is 15.6 Å². The molecule has 6 heteroatoms. The molecule has 1 aliphatic rings. The van der Waals surface area contributed by atoms with Crippen molar-refractivity contribution in [2.75, 3.05) is 18.9 Å². The van der Waals surface area contributed by atoms with Gasteiger partial charge in [0.2, 0.25) is 0 Å². The first-order chi connectivity index (χ1) is 7.25. The van der Waals surface area contributed by atoms with Crippen LogP contribution in [-0.4, -0.2) is 28.2 Å². The van der Waals surface area contributed by atoms with E-state index < -0.39 is 0 Å². The summed E-state index contributed by atoms with van der Waals surface area (Å²) < 4.78 is 6.17. The Morgan fingerprint density at radius 3 is 2.93 bits per heavy atom. The minimum atomic E-state index is 0.303. The molecule has 0 saturated carbocycles. The van der Waals surface area contributed by atoms with Crippen molar-refractivity contribution >= 4 is 39.4 Å². The van der Waals surface area contributed by atoms with Crippen LogP contribution in [0.4, 0.5) is 5.82 Å². The lowest BCUT2D eigenvalue weighted by Gasteiger charge is -2.24. The Morgan fingerprint density at radius 2 is 2.27 bits per heavy atom. The van der Waals surface area contributed by atoms with Crippen LogP contribution in [0.5, 0.6) is 0 Å². The Hall–Kier alpha value is -0.890. The number of aromatic nitrogens is 3. The molecule has 0 aliphatic carbocycles. The Morgan fingerprint density at radius 1 is 1.47 bits per heavy atom. The number of nitrogens with zero attached hydrogens (tertiary/aromatic N) is 2. The van der Waals surface area contributed by atoms with E-state index in [0.29, 0.717) is 24.9 Å². The van der Waals surface area contributed by atoms with Crippen LogP contribution in [0.1, 0.15) is 11.7 Å². The van der Waals surface area contributed by atoms with Crippen LogP contribution in [-0.2, 0) is 4.74 Å². The van der Waals surface area contributed by atoms with Gasteiger partial charge >= 0.3 is 0 Å². The van der Waals surface area contributed by atoms with Crippen molar-refractivity contribution in [1.82, 2.24) is 15.0 Å². The number of nitrogen functional groups attached to an aromatic ring is 1. The monoisotopic (exact) mass is 316 g/mol. The average Bonchev–Trinajstić information content (AvgIpc) is 2.44. The summed E-state index contributed by atoms with van der Waals surface area (Å²) in [5.74, 6) is 1.63. The highest BCUT2D eigenvalue weighted by molar-refractivity contribution is 14.1. The number of aromatic amines is 1. The lowest BCUT2D eigenvalue weighted by atomic mass is 10.1. The highest BCUT2D eigenvalue weighted by atomic mass is 127. The van der Waals surface area contributed by atoms with Gasteiger partial charge in [-0.1, -0.05) is 0 Å².